The Morgan fingerprint density at radius 3 is 2.80 bits per heavy atom. The van der Waals surface area contributed by atoms with Gasteiger partial charge in [0.1, 0.15) is 17.7 Å². The summed E-state index contributed by atoms with van der Waals surface area (Å²) in [7, 11) is 1.49. The van der Waals surface area contributed by atoms with Crippen LogP contribution in [0.25, 0.3) is 5.65 Å². The number of anilines is 2. The molecule has 11 heteroatoms. The number of methoxy groups -OCH3 is 1. The number of likely N-dealkylation sites (N-methyl/N-ethyl adjacent to an activating group) is 1. The normalized spacial score (nSPS) is 18.7. The topological polar surface area (TPSA) is 110 Å². The van der Waals surface area contributed by atoms with Crippen molar-refractivity contribution in [3.8, 4) is 5.88 Å². The third-order valence-electron chi connectivity index (χ3n) is 4.87. The van der Waals surface area contributed by atoms with Gasteiger partial charge >= 0.3 is 0 Å². The molecular formula is C19H23FN8O2. The Morgan fingerprint density at radius 1 is 1.27 bits per heavy atom. The van der Waals surface area contributed by atoms with Gasteiger partial charge in [-0.1, -0.05) is 6.92 Å². The maximum Gasteiger partial charge on any atom is 0.277 e. The van der Waals surface area contributed by atoms with Gasteiger partial charge in [0, 0.05) is 12.7 Å². The first-order chi connectivity index (χ1) is 14.5. The average molecular weight is 414 g/mol. The van der Waals surface area contributed by atoms with Crippen LogP contribution in [0, 0.1) is 6.92 Å². The molecule has 4 heterocycles. The quantitative estimate of drug-likeness (QED) is 0.620. The van der Waals surface area contributed by atoms with Crippen LogP contribution in [-0.4, -0.2) is 69.2 Å². The van der Waals surface area contributed by atoms with Gasteiger partial charge in [0.15, 0.2) is 5.82 Å². The Morgan fingerprint density at radius 2 is 2.10 bits per heavy atom. The van der Waals surface area contributed by atoms with E-state index in [4.69, 9.17) is 4.74 Å². The number of amides is 1. The van der Waals surface area contributed by atoms with E-state index in [1.165, 1.54) is 19.5 Å². The van der Waals surface area contributed by atoms with E-state index in [0.29, 0.717) is 36.3 Å². The maximum absolute atomic E-state index is 14.1. The molecule has 1 amide bonds. The van der Waals surface area contributed by atoms with Crippen LogP contribution in [-0.2, 0) is 0 Å². The minimum atomic E-state index is -0.975. The molecule has 3 aromatic rings. The summed E-state index contributed by atoms with van der Waals surface area (Å²) in [5.41, 5.74) is 1.49. The lowest BCUT2D eigenvalue weighted by atomic mass is 10.2. The summed E-state index contributed by atoms with van der Waals surface area (Å²) in [6.45, 7) is 5.24. The highest BCUT2D eigenvalue weighted by Crippen LogP contribution is 2.21. The zero-order valence-corrected chi connectivity index (χ0v) is 17.0. The number of hydrogen-bond donors (Lipinski definition) is 2. The van der Waals surface area contributed by atoms with Crippen LogP contribution in [0.5, 0.6) is 5.88 Å². The summed E-state index contributed by atoms with van der Waals surface area (Å²) in [5.74, 6) is 0.660. The van der Waals surface area contributed by atoms with Crippen molar-refractivity contribution in [1.82, 2.24) is 29.7 Å². The van der Waals surface area contributed by atoms with Crippen molar-refractivity contribution in [2.24, 2.45) is 0 Å². The minimum Gasteiger partial charge on any atom is -0.478 e. The zero-order chi connectivity index (χ0) is 21.3. The highest BCUT2D eigenvalue weighted by molar-refractivity contribution is 6.02. The molecule has 0 spiro atoms. The summed E-state index contributed by atoms with van der Waals surface area (Å²) in [5, 5.41) is 5.81. The summed E-state index contributed by atoms with van der Waals surface area (Å²) in [4.78, 5) is 31.5. The number of halogens is 1. The summed E-state index contributed by atoms with van der Waals surface area (Å²) in [6, 6.07) is -0.234. The number of alkyl halides is 1. The Kier molecular flexibility index (Phi) is 5.44. The molecule has 1 fully saturated rings. The van der Waals surface area contributed by atoms with Gasteiger partial charge in [-0.25, -0.2) is 19.3 Å². The van der Waals surface area contributed by atoms with Crippen LogP contribution < -0.4 is 20.3 Å². The van der Waals surface area contributed by atoms with E-state index in [1.54, 1.807) is 16.8 Å². The predicted molar refractivity (Wildman–Crippen MR) is 109 cm³/mol. The fourth-order valence-electron chi connectivity index (χ4n) is 3.48. The van der Waals surface area contributed by atoms with Crippen molar-refractivity contribution in [3.63, 3.8) is 0 Å². The van der Waals surface area contributed by atoms with Gasteiger partial charge in [-0.3, -0.25) is 9.20 Å². The lowest BCUT2D eigenvalue weighted by Crippen LogP contribution is -2.37. The minimum absolute atomic E-state index is 0.126. The molecule has 0 unspecified atom stereocenters. The summed E-state index contributed by atoms with van der Waals surface area (Å²) in [6.07, 6.45) is 5.32. The lowest BCUT2D eigenvalue weighted by molar-refractivity contribution is 0.102. The summed E-state index contributed by atoms with van der Waals surface area (Å²) < 4.78 is 21.1. The smallest absolute Gasteiger partial charge is 0.277 e. The molecule has 1 saturated heterocycles. The number of aromatic nitrogens is 5. The van der Waals surface area contributed by atoms with E-state index >= 15 is 0 Å². The third-order valence-corrected chi connectivity index (χ3v) is 4.87. The molecule has 0 bridgehead atoms. The number of rotatable bonds is 6. The average Bonchev–Trinajstić information content (AvgIpc) is 3.29. The van der Waals surface area contributed by atoms with Crippen LogP contribution in [0.1, 0.15) is 23.1 Å². The van der Waals surface area contributed by atoms with Gasteiger partial charge in [0.05, 0.1) is 44.0 Å². The highest BCUT2D eigenvalue weighted by Gasteiger charge is 2.33. The SMILES string of the molecule is CCN[C@H]1CN(c2cnc(C(=O)Nc3cn4cc(C)nc4c(OC)n3)cn2)C[C@H]1F. The zero-order valence-electron chi connectivity index (χ0n) is 17.0. The van der Waals surface area contributed by atoms with Crippen LogP contribution in [0.15, 0.2) is 24.8 Å². The predicted octanol–water partition coefficient (Wildman–Crippen LogP) is 1.22. The maximum atomic E-state index is 14.1. The molecule has 0 saturated carbocycles. The highest BCUT2D eigenvalue weighted by atomic mass is 19.1. The Balaban J connectivity index is 1.47. The number of ether oxygens (including phenoxy) is 1. The van der Waals surface area contributed by atoms with Gasteiger partial charge in [-0.2, -0.15) is 4.98 Å². The Bertz CT molecular complexity index is 1050. The van der Waals surface area contributed by atoms with Crippen LogP contribution in [0.4, 0.5) is 16.0 Å². The second kappa shape index (κ2) is 8.19. The fraction of sp³-hybridized carbons (Fsp3) is 0.421. The number of hydrogen-bond acceptors (Lipinski definition) is 8. The van der Waals surface area contributed by atoms with E-state index in [1.807, 2.05) is 18.7 Å². The third kappa shape index (κ3) is 3.88. The monoisotopic (exact) mass is 414 g/mol. The summed E-state index contributed by atoms with van der Waals surface area (Å²) >= 11 is 0. The second-order valence-corrected chi connectivity index (χ2v) is 7.05. The van der Waals surface area contributed by atoms with Crippen LogP contribution >= 0.6 is 0 Å². The molecular weight excluding hydrogens is 391 g/mol. The van der Waals surface area contributed by atoms with Crippen molar-refractivity contribution in [2.75, 3.05) is 37.0 Å². The first-order valence-corrected chi connectivity index (χ1v) is 9.64. The van der Waals surface area contributed by atoms with Crippen molar-refractivity contribution in [1.29, 1.82) is 0 Å². The molecule has 2 atom stereocenters. The van der Waals surface area contributed by atoms with Gasteiger partial charge in [-0.15, -0.1) is 0 Å². The number of nitrogens with zero attached hydrogens (tertiary/aromatic N) is 6. The van der Waals surface area contributed by atoms with Gasteiger partial charge in [0.2, 0.25) is 5.65 Å². The number of aryl methyl sites for hydroxylation is 1. The van der Waals surface area contributed by atoms with Crippen molar-refractivity contribution >= 4 is 23.2 Å². The van der Waals surface area contributed by atoms with Crippen molar-refractivity contribution in [3.05, 3.63) is 36.2 Å². The number of carbonyl (C=O) groups is 1. The molecule has 0 aromatic carbocycles. The first kappa shape index (κ1) is 20.0. The van der Waals surface area contributed by atoms with E-state index < -0.39 is 12.1 Å². The second-order valence-electron chi connectivity index (χ2n) is 7.05. The molecule has 1 aliphatic heterocycles. The van der Waals surface area contributed by atoms with Gasteiger partial charge in [0.25, 0.3) is 11.8 Å². The lowest BCUT2D eigenvalue weighted by Gasteiger charge is -2.16. The molecule has 3 aromatic heterocycles. The van der Waals surface area contributed by atoms with E-state index in [-0.39, 0.29) is 18.3 Å². The number of fused-ring (bicyclic) bond motifs is 1. The molecule has 2 N–H and O–H groups in total. The largest absolute Gasteiger partial charge is 0.478 e. The first-order valence-electron chi connectivity index (χ1n) is 9.64. The van der Waals surface area contributed by atoms with Gasteiger partial charge < -0.3 is 20.3 Å². The van der Waals surface area contributed by atoms with E-state index in [0.717, 1.165) is 5.69 Å². The molecule has 10 nitrogen and oxygen atoms in total. The Hall–Kier alpha value is -3.34. The Labute approximate surface area is 172 Å². The molecule has 0 radical (unpaired) electrons. The van der Waals surface area contributed by atoms with Crippen LogP contribution in [0.3, 0.4) is 0 Å². The van der Waals surface area contributed by atoms with E-state index in [2.05, 4.69) is 30.6 Å². The number of imidazole rings is 1. The standard InChI is InChI=1S/C19H23FN8O2/c1-4-21-14-9-27(8-12(14)20)16-6-22-13(5-23-16)18(29)25-15-10-28-7-11(2)24-17(28)19(26-15)30-3/h5-7,10,12,14,21H,4,8-9H2,1-3H3,(H,25,29)/t12-,14+/m1/s1. The number of carbonyl (C=O) groups excluding carboxylic acids is 1. The van der Waals surface area contributed by atoms with E-state index in [9.17, 15) is 9.18 Å². The molecule has 1 aliphatic rings. The molecule has 158 valence electrons. The molecule has 0 aliphatic carbocycles. The molecule has 30 heavy (non-hydrogen) atoms. The van der Waals surface area contributed by atoms with Gasteiger partial charge in [-0.05, 0) is 13.5 Å². The number of nitrogens with one attached hydrogen (secondary N) is 2. The van der Waals surface area contributed by atoms with Crippen molar-refractivity contribution in [2.45, 2.75) is 26.1 Å². The fourth-order valence-corrected chi connectivity index (χ4v) is 3.48. The van der Waals surface area contributed by atoms with Crippen molar-refractivity contribution < 1.29 is 13.9 Å². The molecule has 4 rings (SSSR count). The van der Waals surface area contributed by atoms with Crippen LogP contribution in [0.2, 0.25) is 0 Å².